The summed E-state index contributed by atoms with van der Waals surface area (Å²) < 4.78 is 52.9. The third-order valence-corrected chi connectivity index (χ3v) is 6.11. The van der Waals surface area contributed by atoms with Gasteiger partial charge in [-0.05, 0) is 26.7 Å². The highest BCUT2D eigenvalue weighted by Gasteiger charge is 2.40. The van der Waals surface area contributed by atoms with E-state index in [4.69, 9.17) is 9.47 Å². The first-order valence-corrected chi connectivity index (χ1v) is 11.6. The number of halogens is 1. The number of phenolic OH excluding ortho intramolecular Hbond substituents is 1. The minimum Gasteiger partial charge on any atom is -0.505 e. The highest BCUT2D eigenvalue weighted by molar-refractivity contribution is 7.92. The number of amides is 2. The van der Waals surface area contributed by atoms with Gasteiger partial charge in [0.05, 0.1) is 6.54 Å². The Bertz CT molecular complexity index is 1040. The fourth-order valence-corrected chi connectivity index (χ4v) is 4.77. The third-order valence-electron chi connectivity index (χ3n) is 4.74. The van der Waals surface area contributed by atoms with Crippen LogP contribution in [0.15, 0.2) is 6.07 Å². The van der Waals surface area contributed by atoms with E-state index in [-0.39, 0.29) is 30.2 Å². The second-order valence-corrected chi connectivity index (χ2v) is 10.9. The number of hydrogen-bond acceptors (Lipinski definition) is 7. The second kappa shape index (κ2) is 8.30. The van der Waals surface area contributed by atoms with E-state index < -0.39 is 57.7 Å². The Kier molecular flexibility index (Phi) is 6.20. The van der Waals surface area contributed by atoms with Crippen molar-refractivity contribution < 1.29 is 37.0 Å². The van der Waals surface area contributed by atoms with Gasteiger partial charge in [0, 0.05) is 24.6 Å². The van der Waals surface area contributed by atoms with E-state index in [1.807, 2.05) is 13.8 Å². The number of phenols is 1. The van der Waals surface area contributed by atoms with E-state index in [1.54, 1.807) is 25.5 Å². The van der Waals surface area contributed by atoms with Gasteiger partial charge in [0.15, 0.2) is 5.82 Å². The van der Waals surface area contributed by atoms with Gasteiger partial charge in [0.2, 0.25) is 0 Å². The van der Waals surface area contributed by atoms with Crippen molar-refractivity contribution in [3.05, 3.63) is 17.4 Å². The molecule has 0 saturated carbocycles. The molecule has 2 aliphatic rings. The zero-order chi connectivity index (χ0) is 24.0. The van der Waals surface area contributed by atoms with Crippen molar-refractivity contribution >= 4 is 27.9 Å². The van der Waals surface area contributed by atoms with Gasteiger partial charge in [-0.25, -0.2) is 18.2 Å². The van der Waals surface area contributed by atoms with E-state index in [0.29, 0.717) is 10.8 Å². The second-order valence-electron chi connectivity index (χ2n) is 9.30. The number of fused-ring (bicyclic) bond motifs is 1. The van der Waals surface area contributed by atoms with Gasteiger partial charge in [-0.3, -0.25) is 4.79 Å². The van der Waals surface area contributed by atoms with Crippen LogP contribution in [0.2, 0.25) is 0 Å². The molecular weight excluding hydrogens is 445 g/mol. The zero-order valence-electron chi connectivity index (χ0n) is 18.6. The SMILES string of the molecule is CC(C)CN(C[C@H]1Cc2c(cc(O)c(N3CC(=O)NS3(=O)=O)c2F)O1)C(=O)OC(C)(C)C. The highest BCUT2D eigenvalue weighted by Crippen LogP contribution is 2.43. The summed E-state index contributed by atoms with van der Waals surface area (Å²) in [6.07, 6.45) is -1.11. The van der Waals surface area contributed by atoms with Crippen LogP contribution in [0, 0.1) is 11.7 Å². The number of carbonyl (C=O) groups excluding carboxylic acids is 2. The first-order chi connectivity index (χ1) is 14.7. The molecule has 0 radical (unpaired) electrons. The van der Waals surface area contributed by atoms with Crippen LogP contribution in [0.1, 0.15) is 40.2 Å². The summed E-state index contributed by atoms with van der Waals surface area (Å²) in [5.41, 5.74) is -1.24. The minimum atomic E-state index is -4.30. The maximum absolute atomic E-state index is 15.3. The number of nitrogens with zero attached hydrogens (tertiary/aromatic N) is 2. The van der Waals surface area contributed by atoms with Crippen molar-refractivity contribution in [2.24, 2.45) is 5.92 Å². The van der Waals surface area contributed by atoms with Gasteiger partial charge >= 0.3 is 16.3 Å². The van der Waals surface area contributed by atoms with Crippen LogP contribution in [0.25, 0.3) is 0 Å². The molecule has 0 aliphatic carbocycles. The lowest BCUT2D eigenvalue weighted by atomic mass is 10.1. The molecule has 1 aromatic carbocycles. The predicted molar refractivity (Wildman–Crippen MR) is 113 cm³/mol. The molecule has 2 heterocycles. The molecule has 12 heteroatoms. The van der Waals surface area contributed by atoms with Gasteiger partial charge in [-0.2, -0.15) is 8.42 Å². The molecular formula is C20H28FN3O7S. The topological polar surface area (TPSA) is 125 Å². The van der Waals surface area contributed by atoms with Crippen LogP contribution in [0.4, 0.5) is 14.9 Å². The fourth-order valence-electron chi connectivity index (χ4n) is 3.61. The van der Waals surface area contributed by atoms with Crippen molar-refractivity contribution in [3.8, 4) is 11.5 Å². The first kappa shape index (κ1) is 23.9. The molecule has 1 atom stereocenters. The summed E-state index contributed by atoms with van der Waals surface area (Å²) in [5, 5.41) is 10.3. The Morgan fingerprint density at radius 3 is 2.62 bits per heavy atom. The summed E-state index contributed by atoms with van der Waals surface area (Å²) in [4.78, 5) is 25.6. The average molecular weight is 474 g/mol. The Morgan fingerprint density at radius 2 is 2.09 bits per heavy atom. The van der Waals surface area contributed by atoms with Gasteiger partial charge < -0.3 is 19.5 Å². The van der Waals surface area contributed by atoms with Crippen molar-refractivity contribution in [2.45, 2.75) is 52.7 Å². The number of ether oxygens (including phenoxy) is 2. The number of benzene rings is 1. The number of nitrogens with one attached hydrogen (secondary N) is 1. The third kappa shape index (κ3) is 5.00. The molecule has 2 amide bonds. The number of aromatic hydroxyl groups is 1. The molecule has 2 aliphatic heterocycles. The summed E-state index contributed by atoms with van der Waals surface area (Å²) in [6.45, 7) is 9.01. The molecule has 1 aromatic rings. The molecule has 10 nitrogen and oxygen atoms in total. The van der Waals surface area contributed by atoms with Crippen molar-refractivity contribution in [1.29, 1.82) is 0 Å². The lowest BCUT2D eigenvalue weighted by Crippen LogP contribution is -2.43. The van der Waals surface area contributed by atoms with Gasteiger partial charge in [0.1, 0.15) is 35.4 Å². The van der Waals surface area contributed by atoms with E-state index in [9.17, 15) is 23.1 Å². The predicted octanol–water partition coefficient (Wildman–Crippen LogP) is 1.91. The molecule has 0 spiro atoms. The standard InChI is InChI=1S/C20H28FN3O7S/c1-11(2)8-23(19(27)31-20(3,4)5)9-12-6-13-15(30-12)7-14(25)18(17(13)21)24-10-16(26)22-32(24,28)29/h7,11-12,25H,6,8-10H2,1-5H3,(H,22,26)/t12-/m1/s1. The van der Waals surface area contributed by atoms with Crippen LogP contribution in [-0.2, 0) is 26.2 Å². The number of hydrogen-bond donors (Lipinski definition) is 2. The Balaban J connectivity index is 1.84. The quantitative estimate of drug-likeness (QED) is 0.669. The van der Waals surface area contributed by atoms with Crippen LogP contribution in [0.3, 0.4) is 0 Å². The van der Waals surface area contributed by atoms with Gasteiger partial charge in [-0.1, -0.05) is 13.8 Å². The smallest absolute Gasteiger partial charge is 0.410 e. The largest absolute Gasteiger partial charge is 0.505 e. The Morgan fingerprint density at radius 1 is 1.44 bits per heavy atom. The normalized spacial score (nSPS) is 19.5. The highest BCUT2D eigenvalue weighted by atomic mass is 32.2. The molecule has 32 heavy (non-hydrogen) atoms. The monoisotopic (exact) mass is 473 g/mol. The number of rotatable bonds is 5. The van der Waals surface area contributed by atoms with Crippen molar-refractivity contribution in [2.75, 3.05) is 23.9 Å². The van der Waals surface area contributed by atoms with Crippen molar-refractivity contribution in [1.82, 2.24) is 9.62 Å². The molecule has 3 rings (SSSR count). The van der Waals surface area contributed by atoms with Crippen LogP contribution < -0.4 is 13.8 Å². The van der Waals surface area contributed by atoms with Gasteiger partial charge in [-0.15, -0.1) is 0 Å². The lowest BCUT2D eigenvalue weighted by Gasteiger charge is -2.30. The average Bonchev–Trinajstić information content (AvgIpc) is 3.12. The Hall–Kier alpha value is -2.76. The fraction of sp³-hybridized carbons (Fsp3) is 0.600. The lowest BCUT2D eigenvalue weighted by molar-refractivity contribution is -0.117. The number of carbonyl (C=O) groups is 2. The maximum atomic E-state index is 15.3. The first-order valence-electron chi connectivity index (χ1n) is 10.2. The van der Waals surface area contributed by atoms with Crippen LogP contribution in [0.5, 0.6) is 11.5 Å². The van der Waals surface area contributed by atoms with Crippen LogP contribution in [-0.4, -0.2) is 61.8 Å². The van der Waals surface area contributed by atoms with E-state index >= 15 is 4.39 Å². The van der Waals surface area contributed by atoms with E-state index in [2.05, 4.69) is 0 Å². The van der Waals surface area contributed by atoms with E-state index in [0.717, 1.165) is 6.07 Å². The number of anilines is 1. The molecule has 2 N–H and O–H groups in total. The van der Waals surface area contributed by atoms with Crippen LogP contribution >= 0.6 is 0 Å². The summed E-state index contributed by atoms with van der Waals surface area (Å²) in [5.74, 6) is -2.30. The van der Waals surface area contributed by atoms with E-state index in [1.165, 1.54) is 4.90 Å². The Labute approximate surface area is 186 Å². The molecule has 0 unspecified atom stereocenters. The summed E-state index contributed by atoms with van der Waals surface area (Å²) in [7, 11) is -4.30. The summed E-state index contributed by atoms with van der Waals surface area (Å²) >= 11 is 0. The molecule has 1 saturated heterocycles. The maximum Gasteiger partial charge on any atom is 0.410 e. The minimum absolute atomic E-state index is 0.0428. The molecule has 0 bridgehead atoms. The molecule has 0 aromatic heterocycles. The summed E-state index contributed by atoms with van der Waals surface area (Å²) in [6, 6.07) is 1.12. The zero-order valence-corrected chi connectivity index (χ0v) is 19.5. The van der Waals surface area contributed by atoms with Gasteiger partial charge in [0.25, 0.3) is 5.91 Å². The van der Waals surface area contributed by atoms with Crippen molar-refractivity contribution in [3.63, 3.8) is 0 Å². The molecule has 1 fully saturated rings. The molecule has 178 valence electrons.